The van der Waals surface area contributed by atoms with Gasteiger partial charge in [0.1, 0.15) is 0 Å². The Morgan fingerprint density at radius 3 is 2.88 bits per heavy atom. The number of hydrogen-bond donors (Lipinski definition) is 1. The second-order valence-electron chi connectivity index (χ2n) is 4.86. The molecule has 2 heterocycles. The fraction of sp³-hybridized carbons (Fsp3) is 0.917. The Balaban J connectivity index is 1.77. The van der Waals surface area contributed by atoms with Crippen molar-refractivity contribution in [2.45, 2.75) is 44.2 Å². The highest BCUT2D eigenvalue weighted by molar-refractivity contribution is 5.81. The van der Waals surface area contributed by atoms with Crippen LogP contribution in [0.15, 0.2) is 0 Å². The Labute approximate surface area is 97.3 Å². The van der Waals surface area contributed by atoms with Gasteiger partial charge in [-0.3, -0.25) is 4.79 Å². The quantitative estimate of drug-likeness (QED) is 0.772. The van der Waals surface area contributed by atoms with E-state index >= 15 is 0 Å². The molecule has 0 aromatic heterocycles. The summed E-state index contributed by atoms with van der Waals surface area (Å²) in [4.78, 5) is 13.9. The van der Waals surface area contributed by atoms with Gasteiger partial charge in [-0.1, -0.05) is 0 Å². The van der Waals surface area contributed by atoms with Crippen molar-refractivity contribution < 1.29 is 9.53 Å². The monoisotopic (exact) mass is 226 g/mol. The lowest BCUT2D eigenvalue weighted by molar-refractivity contribution is -0.134. The van der Waals surface area contributed by atoms with Gasteiger partial charge in [0.25, 0.3) is 0 Å². The second-order valence-corrected chi connectivity index (χ2v) is 4.86. The summed E-state index contributed by atoms with van der Waals surface area (Å²) in [6.07, 6.45) is 5.84. The molecule has 16 heavy (non-hydrogen) atoms. The first-order chi connectivity index (χ1) is 7.77. The molecule has 4 nitrogen and oxygen atoms in total. The SMILES string of the molecule is CN(CC1CCCCO1)C(=O)C1CCCN1. The van der Waals surface area contributed by atoms with E-state index in [0.717, 1.165) is 39.0 Å². The van der Waals surface area contributed by atoms with E-state index in [0.29, 0.717) is 0 Å². The van der Waals surface area contributed by atoms with Gasteiger partial charge in [0.2, 0.25) is 5.91 Å². The highest BCUT2D eigenvalue weighted by atomic mass is 16.5. The van der Waals surface area contributed by atoms with Crippen LogP contribution in [0.5, 0.6) is 0 Å². The summed E-state index contributed by atoms with van der Waals surface area (Å²) in [6.45, 7) is 2.58. The number of amides is 1. The number of nitrogens with zero attached hydrogens (tertiary/aromatic N) is 1. The van der Waals surface area contributed by atoms with E-state index in [1.807, 2.05) is 11.9 Å². The molecule has 2 rings (SSSR count). The Hall–Kier alpha value is -0.610. The lowest BCUT2D eigenvalue weighted by Gasteiger charge is -2.28. The van der Waals surface area contributed by atoms with Gasteiger partial charge in [0.15, 0.2) is 0 Å². The first kappa shape index (κ1) is 11.9. The number of carbonyl (C=O) groups is 1. The summed E-state index contributed by atoms with van der Waals surface area (Å²) < 4.78 is 5.65. The first-order valence-corrected chi connectivity index (χ1v) is 6.37. The third-order valence-electron chi connectivity index (χ3n) is 3.49. The first-order valence-electron chi connectivity index (χ1n) is 6.37. The molecular weight excluding hydrogens is 204 g/mol. The number of likely N-dealkylation sites (N-methyl/N-ethyl adjacent to an activating group) is 1. The van der Waals surface area contributed by atoms with Crippen LogP contribution in [-0.2, 0) is 9.53 Å². The van der Waals surface area contributed by atoms with Gasteiger partial charge in [0, 0.05) is 20.2 Å². The van der Waals surface area contributed by atoms with Crippen LogP contribution >= 0.6 is 0 Å². The van der Waals surface area contributed by atoms with Crippen LogP contribution in [0.2, 0.25) is 0 Å². The third-order valence-corrected chi connectivity index (χ3v) is 3.49. The van der Waals surface area contributed by atoms with Crippen LogP contribution in [0.1, 0.15) is 32.1 Å². The minimum absolute atomic E-state index is 0.0496. The minimum Gasteiger partial charge on any atom is -0.376 e. The van der Waals surface area contributed by atoms with Crippen molar-refractivity contribution in [3.63, 3.8) is 0 Å². The van der Waals surface area contributed by atoms with E-state index in [2.05, 4.69) is 5.32 Å². The average Bonchev–Trinajstić information content (AvgIpc) is 2.83. The molecule has 92 valence electrons. The van der Waals surface area contributed by atoms with Gasteiger partial charge in [-0.2, -0.15) is 0 Å². The molecule has 0 aromatic carbocycles. The van der Waals surface area contributed by atoms with E-state index in [1.54, 1.807) is 0 Å². The molecule has 2 unspecified atom stereocenters. The predicted octanol–water partition coefficient (Wildman–Crippen LogP) is 0.766. The minimum atomic E-state index is 0.0496. The van der Waals surface area contributed by atoms with Crippen molar-refractivity contribution in [3.8, 4) is 0 Å². The number of nitrogens with one attached hydrogen (secondary N) is 1. The maximum absolute atomic E-state index is 12.0. The van der Waals surface area contributed by atoms with Crippen molar-refractivity contribution in [1.82, 2.24) is 10.2 Å². The van der Waals surface area contributed by atoms with Gasteiger partial charge in [-0.05, 0) is 38.6 Å². The van der Waals surface area contributed by atoms with E-state index in [9.17, 15) is 4.79 Å². The van der Waals surface area contributed by atoms with Crippen molar-refractivity contribution in [2.24, 2.45) is 0 Å². The molecule has 0 spiro atoms. The number of carbonyl (C=O) groups excluding carboxylic acids is 1. The molecule has 0 bridgehead atoms. The summed E-state index contributed by atoms with van der Waals surface area (Å²) in [5.41, 5.74) is 0. The summed E-state index contributed by atoms with van der Waals surface area (Å²) in [5, 5.41) is 3.24. The van der Waals surface area contributed by atoms with Crippen LogP contribution in [0.4, 0.5) is 0 Å². The summed E-state index contributed by atoms with van der Waals surface area (Å²) in [6, 6.07) is 0.0496. The molecule has 1 N–H and O–H groups in total. The van der Waals surface area contributed by atoms with E-state index in [1.165, 1.54) is 12.8 Å². The smallest absolute Gasteiger partial charge is 0.239 e. The van der Waals surface area contributed by atoms with Crippen molar-refractivity contribution in [1.29, 1.82) is 0 Å². The lowest BCUT2D eigenvalue weighted by Crippen LogP contribution is -2.45. The molecule has 0 aliphatic carbocycles. The van der Waals surface area contributed by atoms with Gasteiger partial charge < -0.3 is 15.0 Å². The fourth-order valence-corrected chi connectivity index (χ4v) is 2.51. The summed E-state index contributed by atoms with van der Waals surface area (Å²) in [5.74, 6) is 0.228. The van der Waals surface area contributed by atoms with Crippen LogP contribution in [-0.4, -0.2) is 49.7 Å². The predicted molar refractivity (Wildman–Crippen MR) is 62.3 cm³/mol. The van der Waals surface area contributed by atoms with Crippen LogP contribution in [0, 0.1) is 0 Å². The summed E-state index contributed by atoms with van der Waals surface area (Å²) in [7, 11) is 1.89. The second kappa shape index (κ2) is 5.64. The lowest BCUT2D eigenvalue weighted by atomic mass is 10.1. The van der Waals surface area contributed by atoms with Gasteiger partial charge in [-0.15, -0.1) is 0 Å². The maximum atomic E-state index is 12.0. The van der Waals surface area contributed by atoms with E-state index < -0.39 is 0 Å². The van der Waals surface area contributed by atoms with Crippen molar-refractivity contribution >= 4 is 5.91 Å². The zero-order valence-electron chi connectivity index (χ0n) is 10.1. The van der Waals surface area contributed by atoms with Crippen LogP contribution in [0.3, 0.4) is 0 Å². The Morgan fingerprint density at radius 2 is 2.25 bits per heavy atom. The van der Waals surface area contributed by atoms with Crippen LogP contribution in [0.25, 0.3) is 0 Å². The molecule has 2 saturated heterocycles. The molecule has 0 radical (unpaired) electrons. The molecule has 2 fully saturated rings. The van der Waals surface area contributed by atoms with Gasteiger partial charge >= 0.3 is 0 Å². The average molecular weight is 226 g/mol. The third kappa shape index (κ3) is 2.95. The number of rotatable bonds is 3. The molecule has 0 aromatic rings. The molecule has 1 amide bonds. The molecule has 2 aliphatic rings. The molecular formula is C12H22N2O2. The molecule has 0 saturated carbocycles. The van der Waals surface area contributed by atoms with Crippen molar-refractivity contribution in [2.75, 3.05) is 26.7 Å². The number of hydrogen-bond acceptors (Lipinski definition) is 3. The topological polar surface area (TPSA) is 41.6 Å². The molecule has 4 heteroatoms. The Kier molecular flexibility index (Phi) is 4.18. The summed E-state index contributed by atoms with van der Waals surface area (Å²) >= 11 is 0. The van der Waals surface area contributed by atoms with Crippen LogP contribution < -0.4 is 5.32 Å². The number of ether oxygens (including phenoxy) is 1. The largest absolute Gasteiger partial charge is 0.376 e. The highest BCUT2D eigenvalue weighted by Gasteiger charge is 2.26. The Bertz CT molecular complexity index is 233. The van der Waals surface area contributed by atoms with Gasteiger partial charge in [0.05, 0.1) is 12.1 Å². The normalized spacial score (nSPS) is 30.3. The Morgan fingerprint density at radius 1 is 1.38 bits per heavy atom. The zero-order valence-corrected chi connectivity index (χ0v) is 10.1. The zero-order chi connectivity index (χ0) is 11.4. The standard InChI is InChI=1S/C12H22N2O2/c1-14(9-10-5-2-3-8-16-10)12(15)11-6-4-7-13-11/h10-11,13H,2-9H2,1H3. The van der Waals surface area contributed by atoms with Gasteiger partial charge in [-0.25, -0.2) is 0 Å². The molecule has 2 atom stereocenters. The highest BCUT2D eigenvalue weighted by Crippen LogP contribution is 2.15. The van der Waals surface area contributed by atoms with E-state index in [4.69, 9.17) is 4.74 Å². The van der Waals surface area contributed by atoms with E-state index in [-0.39, 0.29) is 18.1 Å². The fourth-order valence-electron chi connectivity index (χ4n) is 2.51. The van der Waals surface area contributed by atoms with Crippen molar-refractivity contribution in [3.05, 3.63) is 0 Å². The maximum Gasteiger partial charge on any atom is 0.239 e. The molecule has 2 aliphatic heterocycles.